The first kappa shape index (κ1) is 23.0. The van der Waals surface area contributed by atoms with Crippen molar-refractivity contribution in [2.24, 2.45) is 0 Å². The third-order valence-corrected chi connectivity index (χ3v) is 5.73. The quantitative estimate of drug-likeness (QED) is 0.594. The molecule has 9 nitrogen and oxygen atoms in total. The van der Waals surface area contributed by atoms with E-state index in [0.29, 0.717) is 60.8 Å². The highest BCUT2D eigenvalue weighted by Crippen LogP contribution is 2.27. The first-order valence-electron chi connectivity index (χ1n) is 11.1. The summed E-state index contributed by atoms with van der Waals surface area (Å²) in [5, 5.41) is 13.1. The number of aromatic nitrogens is 1. The van der Waals surface area contributed by atoms with Crippen molar-refractivity contribution in [1.29, 1.82) is 0 Å². The van der Waals surface area contributed by atoms with Gasteiger partial charge in [-0.3, -0.25) is 4.79 Å². The molecule has 1 aliphatic heterocycles. The minimum atomic E-state index is -1.08. The number of ether oxygens (including phenoxy) is 1. The molecule has 0 aliphatic carbocycles. The topological polar surface area (TPSA) is 112 Å². The zero-order valence-electron chi connectivity index (χ0n) is 19.1. The van der Waals surface area contributed by atoms with Gasteiger partial charge in [0.25, 0.3) is 5.91 Å². The second-order valence-corrected chi connectivity index (χ2v) is 8.06. The van der Waals surface area contributed by atoms with E-state index < -0.39 is 5.97 Å². The number of nitrogens with one attached hydrogen (secondary N) is 1. The number of nitrogens with zero attached hydrogens (tertiary/aromatic N) is 3. The molecular formula is C25H26N4O5. The minimum absolute atomic E-state index is 0.0965. The van der Waals surface area contributed by atoms with E-state index in [-0.39, 0.29) is 17.6 Å². The fourth-order valence-corrected chi connectivity index (χ4v) is 3.87. The predicted octanol–water partition coefficient (Wildman–Crippen LogP) is 3.77. The van der Waals surface area contributed by atoms with E-state index >= 15 is 0 Å². The maximum absolute atomic E-state index is 12.6. The van der Waals surface area contributed by atoms with Crippen LogP contribution in [0.15, 0.2) is 48.5 Å². The van der Waals surface area contributed by atoms with Gasteiger partial charge in [0.05, 0.1) is 17.7 Å². The average Bonchev–Trinajstić information content (AvgIpc) is 2.84. The lowest BCUT2D eigenvalue weighted by atomic mass is 10.1. The van der Waals surface area contributed by atoms with Crippen LogP contribution in [0.5, 0.6) is 0 Å². The van der Waals surface area contributed by atoms with E-state index in [0.717, 1.165) is 5.56 Å². The summed E-state index contributed by atoms with van der Waals surface area (Å²) in [5.41, 5.74) is 2.66. The Kier molecular flexibility index (Phi) is 6.62. The van der Waals surface area contributed by atoms with Gasteiger partial charge in [0, 0.05) is 42.8 Å². The van der Waals surface area contributed by atoms with Gasteiger partial charge in [-0.05, 0) is 50.2 Å². The summed E-state index contributed by atoms with van der Waals surface area (Å²) >= 11 is 0. The SMILES string of the molecule is CCOC(=O)N1CCN(c2cc(C(=O)O)c3cc(NC(=O)c4ccc(C)cc4)ccc3n2)CC1. The monoisotopic (exact) mass is 462 g/mol. The number of amides is 2. The molecule has 0 bridgehead atoms. The van der Waals surface area contributed by atoms with Gasteiger partial charge < -0.3 is 25.0 Å². The molecule has 1 saturated heterocycles. The zero-order valence-corrected chi connectivity index (χ0v) is 19.1. The number of aryl methyl sites for hydroxylation is 1. The number of aromatic carboxylic acids is 1. The Bertz CT molecular complexity index is 1230. The summed E-state index contributed by atoms with van der Waals surface area (Å²) in [4.78, 5) is 44.8. The van der Waals surface area contributed by atoms with Gasteiger partial charge in [0.1, 0.15) is 5.82 Å². The lowest BCUT2D eigenvalue weighted by Gasteiger charge is -2.35. The van der Waals surface area contributed by atoms with Gasteiger partial charge in [-0.1, -0.05) is 17.7 Å². The number of hydrogen-bond donors (Lipinski definition) is 2. The van der Waals surface area contributed by atoms with Crippen molar-refractivity contribution in [3.63, 3.8) is 0 Å². The molecule has 4 rings (SSSR count). The lowest BCUT2D eigenvalue weighted by Crippen LogP contribution is -2.49. The van der Waals surface area contributed by atoms with Crippen LogP contribution in [0.1, 0.15) is 33.2 Å². The molecule has 0 radical (unpaired) electrons. The van der Waals surface area contributed by atoms with Crippen molar-refractivity contribution >= 4 is 40.4 Å². The van der Waals surface area contributed by atoms with E-state index in [1.54, 1.807) is 42.2 Å². The number of piperazine rings is 1. The third-order valence-electron chi connectivity index (χ3n) is 5.73. The summed E-state index contributed by atoms with van der Waals surface area (Å²) in [7, 11) is 0. The van der Waals surface area contributed by atoms with Crippen molar-refractivity contribution < 1.29 is 24.2 Å². The molecule has 2 amide bonds. The molecule has 0 saturated carbocycles. The molecule has 1 aromatic heterocycles. The Labute approximate surface area is 196 Å². The molecule has 176 valence electrons. The van der Waals surface area contributed by atoms with E-state index in [1.807, 2.05) is 24.0 Å². The molecule has 0 spiro atoms. The zero-order chi connectivity index (χ0) is 24.2. The number of carboxylic acid groups (broad SMARTS) is 1. The van der Waals surface area contributed by atoms with E-state index in [4.69, 9.17) is 4.74 Å². The van der Waals surface area contributed by atoms with Crippen LogP contribution in [0.3, 0.4) is 0 Å². The van der Waals surface area contributed by atoms with Crippen LogP contribution in [0, 0.1) is 6.92 Å². The van der Waals surface area contributed by atoms with Crippen molar-refractivity contribution in [3.05, 3.63) is 65.2 Å². The molecule has 1 aliphatic rings. The van der Waals surface area contributed by atoms with Crippen molar-refractivity contribution in [1.82, 2.24) is 9.88 Å². The van der Waals surface area contributed by atoms with Gasteiger partial charge >= 0.3 is 12.1 Å². The fraction of sp³-hybridized carbons (Fsp3) is 0.280. The lowest BCUT2D eigenvalue weighted by molar-refractivity contribution is 0.0698. The van der Waals surface area contributed by atoms with E-state index in [9.17, 15) is 19.5 Å². The van der Waals surface area contributed by atoms with Gasteiger partial charge in [0.15, 0.2) is 0 Å². The second kappa shape index (κ2) is 9.78. The third kappa shape index (κ3) is 4.93. The van der Waals surface area contributed by atoms with Gasteiger partial charge in [-0.15, -0.1) is 0 Å². The molecule has 1 fully saturated rings. The number of pyridine rings is 1. The Morgan fingerprint density at radius 3 is 2.38 bits per heavy atom. The Balaban J connectivity index is 1.57. The number of anilines is 2. The molecule has 2 heterocycles. The molecule has 2 N–H and O–H groups in total. The van der Waals surface area contributed by atoms with Crippen molar-refractivity contribution in [3.8, 4) is 0 Å². The van der Waals surface area contributed by atoms with Gasteiger partial charge in [-0.25, -0.2) is 14.6 Å². The Morgan fingerprint density at radius 1 is 1.03 bits per heavy atom. The van der Waals surface area contributed by atoms with E-state index in [2.05, 4.69) is 10.3 Å². The second-order valence-electron chi connectivity index (χ2n) is 8.06. The summed E-state index contributed by atoms with van der Waals surface area (Å²) in [6, 6.07) is 13.8. The molecule has 0 unspecified atom stereocenters. The van der Waals surface area contributed by atoms with E-state index in [1.165, 1.54) is 6.07 Å². The molecular weight excluding hydrogens is 436 g/mol. The maximum atomic E-state index is 12.6. The number of benzene rings is 2. The smallest absolute Gasteiger partial charge is 0.409 e. The van der Waals surface area contributed by atoms with Crippen LogP contribution in [0.2, 0.25) is 0 Å². The van der Waals surface area contributed by atoms with Crippen LogP contribution in [0.4, 0.5) is 16.3 Å². The first-order chi connectivity index (χ1) is 16.4. The highest BCUT2D eigenvalue weighted by molar-refractivity contribution is 6.08. The van der Waals surface area contributed by atoms with Crippen LogP contribution in [0.25, 0.3) is 10.9 Å². The van der Waals surface area contributed by atoms with Gasteiger partial charge in [0.2, 0.25) is 0 Å². The predicted molar refractivity (Wildman–Crippen MR) is 129 cm³/mol. The van der Waals surface area contributed by atoms with Crippen molar-refractivity contribution in [2.75, 3.05) is 43.0 Å². The Hall–Kier alpha value is -4.14. The Morgan fingerprint density at radius 2 is 1.74 bits per heavy atom. The highest BCUT2D eigenvalue weighted by atomic mass is 16.6. The van der Waals surface area contributed by atoms with Crippen LogP contribution < -0.4 is 10.2 Å². The first-order valence-corrected chi connectivity index (χ1v) is 11.1. The number of hydrogen-bond acceptors (Lipinski definition) is 6. The van der Waals surface area contributed by atoms with Crippen LogP contribution in [-0.2, 0) is 4.74 Å². The highest BCUT2D eigenvalue weighted by Gasteiger charge is 2.24. The number of fused-ring (bicyclic) bond motifs is 1. The number of carboxylic acids is 1. The normalized spacial score (nSPS) is 13.6. The molecule has 34 heavy (non-hydrogen) atoms. The average molecular weight is 463 g/mol. The minimum Gasteiger partial charge on any atom is -0.478 e. The van der Waals surface area contributed by atoms with Gasteiger partial charge in [-0.2, -0.15) is 0 Å². The summed E-state index contributed by atoms with van der Waals surface area (Å²) in [5.74, 6) is -0.828. The summed E-state index contributed by atoms with van der Waals surface area (Å²) < 4.78 is 5.05. The molecule has 2 aromatic carbocycles. The standard InChI is InChI=1S/C25H26N4O5/c1-3-34-25(33)29-12-10-28(11-13-29)22-15-20(24(31)32)19-14-18(8-9-21(19)27-22)26-23(30)17-6-4-16(2)5-7-17/h4-9,14-15H,3,10-13H2,1-2H3,(H,26,30)(H,31,32). The number of carbonyl (C=O) groups is 3. The summed E-state index contributed by atoms with van der Waals surface area (Å²) in [6.45, 7) is 5.98. The summed E-state index contributed by atoms with van der Waals surface area (Å²) in [6.07, 6.45) is -0.347. The molecule has 3 aromatic rings. The molecule has 0 atom stereocenters. The largest absolute Gasteiger partial charge is 0.478 e. The fourth-order valence-electron chi connectivity index (χ4n) is 3.87. The van der Waals surface area contributed by atoms with Crippen molar-refractivity contribution in [2.45, 2.75) is 13.8 Å². The maximum Gasteiger partial charge on any atom is 0.409 e. The number of carbonyl (C=O) groups excluding carboxylic acids is 2. The van der Waals surface area contributed by atoms with Crippen LogP contribution >= 0.6 is 0 Å². The number of rotatable bonds is 5. The van der Waals surface area contributed by atoms with Crippen LogP contribution in [-0.4, -0.2) is 65.7 Å². The molecule has 9 heteroatoms.